The largest absolute Gasteiger partial charge is 0.416 e. The van der Waals surface area contributed by atoms with Crippen LogP contribution in [0.15, 0.2) is 12.1 Å². The van der Waals surface area contributed by atoms with Crippen molar-refractivity contribution in [1.29, 1.82) is 0 Å². The third-order valence-electron chi connectivity index (χ3n) is 1.72. The number of benzene rings is 1. The number of nitrogens with two attached hydrogens (primary N) is 1. The van der Waals surface area contributed by atoms with E-state index < -0.39 is 23.1 Å². The van der Waals surface area contributed by atoms with Crippen molar-refractivity contribution in [3.63, 3.8) is 0 Å². The van der Waals surface area contributed by atoms with E-state index >= 15 is 0 Å². The number of anilines is 1. The predicted molar refractivity (Wildman–Crippen MR) is 51.9 cm³/mol. The Morgan fingerprint density at radius 2 is 1.60 bits per heavy atom. The van der Waals surface area contributed by atoms with Crippen LogP contribution in [-0.4, -0.2) is 0 Å². The first kappa shape index (κ1) is 13.7. The smallest absolute Gasteiger partial charge is 0.396 e. The van der Waals surface area contributed by atoms with Crippen LogP contribution in [-0.2, 0) is 6.18 Å². The Morgan fingerprint density at radius 3 is 2.00 bits per heavy atom. The van der Waals surface area contributed by atoms with Crippen LogP contribution in [0.2, 0.25) is 0 Å². The van der Waals surface area contributed by atoms with Gasteiger partial charge in [0.15, 0.2) is 0 Å². The molecule has 0 aliphatic heterocycles. The molecule has 0 amide bonds. The second-order valence-electron chi connectivity index (χ2n) is 2.64. The highest BCUT2D eigenvalue weighted by Gasteiger charge is 2.33. The molecule has 0 heterocycles. The highest BCUT2D eigenvalue weighted by atomic mass is 19.4. The second-order valence-corrected chi connectivity index (χ2v) is 2.64. The summed E-state index contributed by atoms with van der Waals surface area (Å²) in [6, 6.07) is 1.68. The van der Waals surface area contributed by atoms with Crippen LogP contribution in [0.4, 0.5) is 23.2 Å². The standard InChI is InChI=1S/C8H7F4N.C2H6/c1-4-5(8(10,11)12)2-3-6(13)7(4)9;1-2/h2-3H,13H2,1H3;1-2H3. The molecule has 0 fully saturated rings. The van der Waals surface area contributed by atoms with Crippen LogP contribution in [0.25, 0.3) is 0 Å². The molecule has 0 spiro atoms. The van der Waals surface area contributed by atoms with Crippen LogP contribution < -0.4 is 5.73 Å². The molecule has 0 aliphatic rings. The zero-order chi connectivity index (χ0) is 12.2. The third-order valence-corrected chi connectivity index (χ3v) is 1.72. The summed E-state index contributed by atoms with van der Waals surface area (Å²) in [5, 5.41) is 0. The van der Waals surface area contributed by atoms with Crippen molar-refractivity contribution in [3.05, 3.63) is 29.1 Å². The summed E-state index contributed by atoms with van der Waals surface area (Å²) in [5.41, 5.74) is 3.37. The molecule has 1 aromatic carbocycles. The van der Waals surface area contributed by atoms with Crippen molar-refractivity contribution in [1.82, 2.24) is 0 Å². The second kappa shape index (κ2) is 5.00. The van der Waals surface area contributed by atoms with Gasteiger partial charge in [-0.2, -0.15) is 13.2 Å². The average Bonchev–Trinajstić information content (AvgIpc) is 2.15. The first-order chi connectivity index (χ1) is 6.84. The maximum Gasteiger partial charge on any atom is 0.416 e. The van der Waals surface area contributed by atoms with E-state index in [4.69, 9.17) is 5.73 Å². The maximum atomic E-state index is 12.9. The van der Waals surface area contributed by atoms with Crippen LogP contribution in [0.1, 0.15) is 25.0 Å². The van der Waals surface area contributed by atoms with E-state index in [9.17, 15) is 17.6 Å². The molecule has 86 valence electrons. The van der Waals surface area contributed by atoms with E-state index in [2.05, 4.69) is 0 Å². The molecule has 1 nitrogen and oxygen atoms in total. The van der Waals surface area contributed by atoms with Crippen LogP contribution in [0.3, 0.4) is 0 Å². The fourth-order valence-electron chi connectivity index (χ4n) is 1.01. The van der Waals surface area contributed by atoms with Gasteiger partial charge >= 0.3 is 6.18 Å². The van der Waals surface area contributed by atoms with Crippen LogP contribution >= 0.6 is 0 Å². The number of hydrogen-bond donors (Lipinski definition) is 1. The van der Waals surface area contributed by atoms with Crippen molar-refractivity contribution in [3.8, 4) is 0 Å². The first-order valence-corrected chi connectivity index (χ1v) is 4.46. The van der Waals surface area contributed by atoms with Crippen molar-refractivity contribution in [2.45, 2.75) is 26.9 Å². The number of hydrogen-bond acceptors (Lipinski definition) is 1. The molecular formula is C10H13F4N. The molecule has 2 N–H and O–H groups in total. The molecule has 0 bridgehead atoms. The lowest BCUT2D eigenvalue weighted by Crippen LogP contribution is -2.09. The van der Waals surface area contributed by atoms with Crippen molar-refractivity contribution in [2.75, 3.05) is 5.73 Å². The monoisotopic (exact) mass is 223 g/mol. The summed E-state index contributed by atoms with van der Waals surface area (Å²) in [7, 11) is 0. The molecule has 0 aliphatic carbocycles. The van der Waals surface area contributed by atoms with Gasteiger partial charge < -0.3 is 5.73 Å². The van der Waals surface area contributed by atoms with Gasteiger partial charge in [-0.05, 0) is 24.6 Å². The summed E-state index contributed by atoms with van der Waals surface area (Å²) in [6.45, 7) is 5.05. The van der Waals surface area contributed by atoms with Crippen molar-refractivity contribution < 1.29 is 17.6 Å². The molecule has 0 aromatic heterocycles. The van der Waals surface area contributed by atoms with E-state index in [-0.39, 0.29) is 5.69 Å². The molecule has 1 aromatic rings. The Balaban J connectivity index is 0.000000921. The summed E-state index contributed by atoms with van der Waals surface area (Å²) >= 11 is 0. The summed E-state index contributed by atoms with van der Waals surface area (Å²) < 4.78 is 49.4. The summed E-state index contributed by atoms with van der Waals surface area (Å²) in [4.78, 5) is 0. The quantitative estimate of drug-likeness (QED) is 0.526. The number of halogens is 4. The van der Waals surface area contributed by atoms with E-state index in [1.807, 2.05) is 13.8 Å². The fourth-order valence-corrected chi connectivity index (χ4v) is 1.01. The highest BCUT2D eigenvalue weighted by Crippen LogP contribution is 2.33. The molecule has 0 unspecified atom stereocenters. The minimum Gasteiger partial charge on any atom is -0.396 e. The molecule has 0 saturated heterocycles. The molecule has 0 radical (unpaired) electrons. The van der Waals surface area contributed by atoms with Crippen molar-refractivity contribution in [2.24, 2.45) is 0 Å². The Hall–Kier alpha value is -1.26. The average molecular weight is 223 g/mol. The van der Waals surface area contributed by atoms with Gasteiger partial charge in [-0.25, -0.2) is 4.39 Å². The molecule has 0 saturated carbocycles. The van der Waals surface area contributed by atoms with E-state index in [1.54, 1.807) is 0 Å². The normalized spacial score (nSPS) is 10.6. The fraction of sp³-hybridized carbons (Fsp3) is 0.400. The van der Waals surface area contributed by atoms with Gasteiger partial charge in [-0.15, -0.1) is 0 Å². The zero-order valence-corrected chi connectivity index (χ0v) is 8.74. The van der Waals surface area contributed by atoms with Gasteiger partial charge in [-0.1, -0.05) is 13.8 Å². The zero-order valence-electron chi connectivity index (χ0n) is 8.74. The van der Waals surface area contributed by atoms with Gasteiger partial charge in [0.25, 0.3) is 0 Å². The topological polar surface area (TPSA) is 26.0 Å². The van der Waals surface area contributed by atoms with Gasteiger partial charge in [0.1, 0.15) is 5.82 Å². The van der Waals surface area contributed by atoms with E-state index in [0.717, 1.165) is 19.1 Å². The van der Waals surface area contributed by atoms with E-state index in [0.29, 0.717) is 0 Å². The number of rotatable bonds is 0. The van der Waals surface area contributed by atoms with Gasteiger partial charge in [0, 0.05) is 0 Å². The molecular weight excluding hydrogens is 210 g/mol. The highest BCUT2D eigenvalue weighted by molar-refractivity contribution is 5.47. The minimum absolute atomic E-state index is 0.273. The maximum absolute atomic E-state index is 12.9. The molecule has 5 heteroatoms. The van der Waals surface area contributed by atoms with Crippen LogP contribution in [0.5, 0.6) is 0 Å². The lowest BCUT2D eigenvalue weighted by Gasteiger charge is -2.11. The van der Waals surface area contributed by atoms with Gasteiger partial charge in [0.2, 0.25) is 0 Å². The van der Waals surface area contributed by atoms with Gasteiger partial charge in [0.05, 0.1) is 11.3 Å². The Bertz CT molecular complexity index is 331. The minimum atomic E-state index is -4.53. The predicted octanol–water partition coefficient (Wildman–Crippen LogP) is 3.76. The Morgan fingerprint density at radius 1 is 1.13 bits per heavy atom. The van der Waals surface area contributed by atoms with Gasteiger partial charge in [-0.3, -0.25) is 0 Å². The van der Waals surface area contributed by atoms with Crippen LogP contribution in [0, 0.1) is 12.7 Å². The molecule has 1 rings (SSSR count). The Kier molecular flexibility index (Phi) is 4.58. The number of alkyl halides is 3. The lowest BCUT2D eigenvalue weighted by atomic mass is 10.1. The molecule has 0 atom stereocenters. The van der Waals surface area contributed by atoms with E-state index in [1.165, 1.54) is 0 Å². The summed E-state index contributed by atoms with van der Waals surface area (Å²) in [6.07, 6.45) is -4.53. The SMILES string of the molecule is CC.Cc1c(C(F)(F)F)ccc(N)c1F. The summed E-state index contributed by atoms with van der Waals surface area (Å²) in [5.74, 6) is -1.00. The Labute approximate surface area is 85.9 Å². The third kappa shape index (κ3) is 3.11. The van der Waals surface area contributed by atoms with Crippen molar-refractivity contribution >= 4 is 5.69 Å². The first-order valence-electron chi connectivity index (χ1n) is 4.46. The number of nitrogen functional groups attached to an aromatic ring is 1. The lowest BCUT2D eigenvalue weighted by molar-refractivity contribution is -0.138. The molecule has 15 heavy (non-hydrogen) atoms.